The lowest BCUT2D eigenvalue weighted by atomic mass is 9.91. The number of fused-ring (bicyclic) bond motifs is 3. The molecule has 0 spiro atoms. The number of benzene rings is 3. The van der Waals surface area contributed by atoms with Crippen LogP contribution in [0.5, 0.6) is 0 Å². The van der Waals surface area contributed by atoms with Crippen LogP contribution in [0.2, 0.25) is 5.02 Å². The second-order valence-corrected chi connectivity index (χ2v) is 8.16. The number of hydrogen-bond acceptors (Lipinski definition) is 3. The van der Waals surface area contributed by atoms with Gasteiger partial charge in [0.1, 0.15) is 0 Å². The lowest BCUT2D eigenvalue weighted by Crippen LogP contribution is -2.34. The number of aromatic nitrogens is 1. The monoisotopic (exact) mass is 390 g/mol. The molecule has 0 N–H and O–H groups in total. The van der Waals surface area contributed by atoms with Gasteiger partial charge in [-0.1, -0.05) is 53.2 Å². The Morgan fingerprint density at radius 3 is 2.57 bits per heavy atom. The minimum Gasteiger partial charge on any atom is -0.355 e. The molecule has 142 valence electrons. The van der Waals surface area contributed by atoms with Crippen molar-refractivity contribution in [2.45, 2.75) is 25.2 Å². The normalized spacial score (nSPS) is 16.2. The quantitative estimate of drug-likeness (QED) is 0.424. The van der Waals surface area contributed by atoms with Gasteiger partial charge in [-0.2, -0.15) is 0 Å². The number of hydrogen-bond donors (Lipinski definition) is 0. The SMILES string of the molecule is Clc1ccc2c(ccc3c(C4CCN(CCc5ccccc5)CC4)noc32)c1. The van der Waals surface area contributed by atoms with Gasteiger partial charge in [0.05, 0.1) is 5.69 Å². The van der Waals surface area contributed by atoms with Crippen molar-refractivity contribution < 1.29 is 4.52 Å². The van der Waals surface area contributed by atoms with E-state index in [1.165, 1.54) is 5.56 Å². The summed E-state index contributed by atoms with van der Waals surface area (Å²) in [6.07, 6.45) is 3.39. The van der Waals surface area contributed by atoms with Crippen molar-refractivity contribution in [3.8, 4) is 0 Å². The van der Waals surface area contributed by atoms with E-state index < -0.39 is 0 Å². The van der Waals surface area contributed by atoms with Gasteiger partial charge < -0.3 is 9.42 Å². The summed E-state index contributed by atoms with van der Waals surface area (Å²) in [7, 11) is 0. The van der Waals surface area contributed by atoms with Gasteiger partial charge in [-0.3, -0.25) is 0 Å². The smallest absolute Gasteiger partial charge is 0.174 e. The second kappa shape index (κ2) is 7.57. The van der Waals surface area contributed by atoms with E-state index in [0.29, 0.717) is 5.92 Å². The lowest BCUT2D eigenvalue weighted by Gasteiger charge is -2.31. The fourth-order valence-electron chi connectivity index (χ4n) is 4.37. The number of halogens is 1. The fourth-order valence-corrected chi connectivity index (χ4v) is 4.55. The highest BCUT2D eigenvalue weighted by Gasteiger charge is 2.25. The molecule has 1 fully saturated rings. The molecule has 3 nitrogen and oxygen atoms in total. The standard InChI is InChI=1S/C24H23ClN2O/c25-20-7-9-21-19(16-20)6-8-22-23(26-28-24(21)22)18-11-14-27(15-12-18)13-10-17-4-2-1-3-5-17/h1-9,16,18H,10-15H2. The van der Waals surface area contributed by atoms with Gasteiger partial charge in [-0.05, 0) is 67.6 Å². The predicted octanol–water partition coefficient (Wildman–Crippen LogP) is 6.06. The zero-order chi connectivity index (χ0) is 18.9. The molecule has 0 amide bonds. The van der Waals surface area contributed by atoms with Gasteiger partial charge in [-0.25, -0.2) is 0 Å². The molecule has 1 saturated heterocycles. The van der Waals surface area contributed by atoms with Crippen molar-refractivity contribution in [1.29, 1.82) is 0 Å². The first kappa shape index (κ1) is 17.7. The van der Waals surface area contributed by atoms with Gasteiger partial charge >= 0.3 is 0 Å². The summed E-state index contributed by atoms with van der Waals surface area (Å²) < 4.78 is 5.78. The third kappa shape index (κ3) is 3.41. The molecular weight excluding hydrogens is 368 g/mol. The van der Waals surface area contributed by atoms with E-state index in [1.54, 1.807) is 0 Å². The molecule has 3 aromatic carbocycles. The molecule has 1 aromatic heterocycles. The highest BCUT2D eigenvalue weighted by atomic mass is 35.5. The first-order chi connectivity index (χ1) is 13.8. The molecule has 1 aliphatic heterocycles. The van der Waals surface area contributed by atoms with Crippen molar-refractivity contribution in [1.82, 2.24) is 10.1 Å². The van der Waals surface area contributed by atoms with E-state index in [4.69, 9.17) is 16.1 Å². The summed E-state index contributed by atoms with van der Waals surface area (Å²) >= 11 is 6.12. The maximum Gasteiger partial charge on any atom is 0.174 e. The van der Waals surface area contributed by atoms with Crippen molar-refractivity contribution in [3.05, 3.63) is 76.9 Å². The summed E-state index contributed by atoms with van der Waals surface area (Å²) in [5.41, 5.74) is 3.42. The molecule has 0 bridgehead atoms. The number of piperidine rings is 1. The summed E-state index contributed by atoms with van der Waals surface area (Å²) in [6, 6.07) is 20.9. The van der Waals surface area contributed by atoms with Gasteiger partial charge in [0.2, 0.25) is 0 Å². The third-order valence-electron chi connectivity index (χ3n) is 5.98. The van der Waals surface area contributed by atoms with Gasteiger partial charge in [0.15, 0.2) is 5.58 Å². The Labute approximate surface area is 169 Å². The van der Waals surface area contributed by atoms with Crippen molar-refractivity contribution >= 4 is 33.3 Å². The van der Waals surface area contributed by atoms with Crippen LogP contribution in [0.1, 0.15) is 30.0 Å². The van der Waals surface area contributed by atoms with Crippen LogP contribution in [0, 0.1) is 0 Å². The Kier molecular flexibility index (Phi) is 4.79. The summed E-state index contributed by atoms with van der Waals surface area (Å²) in [5, 5.41) is 8.56. The highest BCUT2D eigenvalue weighted by molar-refractivity contribution is 6.31. The highest BCUT2D eigenvalue weighted by Crippen LogP contribution is 2.36. The zero-order valence-corrected chi connectivity index (χ0v) is 16.5. The van der Waals surface area contributed by atoms with Crippen LogP contribution in [0.15, 0.2) is 65.2 Å². The van der Waals surface area contributed by atoms with Crippen LogP contribution in [-0.2, 0) is 6.42 Å². The third-order valence-corrected chi connectivity index (χ3v) is 6.21. The van der Waals surface area contributed by atoms with Gasteiger partial charge in [-0.15, -0.1) is 0 Å². The van der Waals surface area contributed by atoms with Crippen molar-refractivity contribution in [3.63, 3.8) is 0 Å². The topological polar surface area (TPSA) is 29.3 Å². The molecule has 0 unspecified atom stereocenters. The molecule has 0 saturated carbocycles. The van der Waals surface area contributed by atoms with Gasteiger partial charge in [0, 0.05) is 28.3 Å². The molecule has 4 aromatic rings. The van der Waals surface area contributed by atoms with E-state index in [0.717, 1.165) is 71.4 Å². The molecular formula is C24H23ClN2O. The number of rotatable bonds is 4. The molecule has 0 atom stereocenters. The van der Waals surface area contributed by atoms with Crippen LogP contribution in [0.25, 0.3) is 21.7 Å². The molecule has 4 heteroatoms. The van der Waals surface area contributed by atoms with Crippen LogP contribution in [-0.4, -0.2) is 29.7 Å². The Morgan fingerprint density at radius 1 is 0.964 bits per heavy atom. The average Bonchev–Trinajstić information content (AvgIpc) is 3.17. The molecule has 0 aliphatic carbocycles. The summed E-state index contributed by atoms with van der Waals surface area (Å²) in [5.74, 6) is 0.471. The van der Waals surface area contributed by atoms with Crippen LogP contribution in [0.4, 0.5) is 0 Å². The van der Waals surface area contributed by atoms with Crippen LogP contribution < -0.4 is 0 Å². The first-order valence-electron chi connectivity index (χ1n) is 10.0. The fraction of sp³-hybridized carbons (Fsp3) is 0.292. The van der Waals surface area contributed by atoms with Crippen molar-refractivity contribution in [2.24, 2.45) is 0 Å². The summed E-state index contributed by atoms with van der Waals surface area (Å²) in [6.45, 7) is 3.37. The van der Waals surface area contributed by atoms with E-state index >= 15 is 0 Å². The molecule has 1 aliphatic rings. The van der Waals surface area contributed by atoms with E-state index in [1.807, 2.05) is 18.2 Å². The maximum atomic E-state index is 6.12. The lowest BCUT2D eigenvalue weighted by molar-refractivity contribution is 0.211. The average molecular weight is 391 g/mol. The van der Waals surface area contributed by atoms with Gasteiger partial charge in [0.25, 0.3) is 0 Å². The maximum absolute atomic E-state index is 6.12. The number of nitrogens with zero attached hydrogens (tertiary/aromatic N) is 2. The van der Waals surface area contributed by atoms with E-state index in [9.17, 15) is 0 Å². The molecule has 2 heterocycles. The first-order valence-corrected chi connectivity index (χ1v) is 10.4. The number of likely N-dealkylation sites (tertiary alicyclic amines) is 1. The Bertz CT molecular complexity index is 1100. The summed E-state index contributed by atoms with van der Waals surface area (Å²) in [4.78, 5) is 2.57. The minimum absolute atomic E-state index is 0.471. The zero-order valence-electron chi connectivity index (χ0n) is 15.8. The largest absolute Gasteiger partial charge is 0.355 e. The Hall–Kier alpha value is -2.36. The second-order valence-electron chi connectivity index (χ2n) is 7.73. The van der Waals surface area contributed by atoms with Crippen molar-refractivity contribution in [2.75, 3.05) is 19.6 Å². The Morgan fingerprint density at radius 2 is 1.75 bits per heavy atom. The predicted molar refractivity (Wildman–Crippen MR) is 115 cm³/mol. The van der Waals surface area contributed by atoms with E-state index in [-0.39, 0.29) is 0 Å². The van der Waals surface area contributed by atoms with Crippen LogP contribution in [0.3, 0.4) is 0 Å². The van der Waals surface area contributed by atoms with Crippen LogP contribution >= 0.6 is 11.6 Å². The molecule has 28 heavy (non-hydrogen) atoms. The molecule has 0 radical (unpaired) electrons. The van der Waals surface area contributed by atoms with E-state index in [2.05, 4.69) is 52.5 Å². The Balaban J connectivity index is 1.30. The molecule has 5 rings (SSSR count). The minimum atomic E-state index is 0.471.